The molecule has 2 aromatic carbocycles. The van der Waals surface area contributed by atoms with Crippen molar-refractivity contribution in [3.8, 4) is 11.5 Å². The molecule has 1 saturated heterocycles. The van der Waals surface area contributed by atoms with E-state index in [9.17, 15) is 9.59 Å². The topological polar surface area (TPSA) is 67.9 Å². The van der Waals surface area contributed by atoms with Gasteiger partial charge in [-0.1, -0.05) is 23.7 Å². The van der Waals surface area contributed by atoms with Crippen molar-refractivity contribution in [2.24, 2.45) is 0 Å². The van der Waals surface area contributed by atoms with E-state index < -0.39 is 0 Å². The third-order valence-electron chi connectivity index (χ3n) is 4.76. The van der Waals surface area contributed by atoms with Gasteiger partial charge in [0.25, 0.3) is 11.8 Å². The SMILES string of the molecule is CCOc1ccc(OCC(=O)NC2CCN(C(=O)c3ccccc3Cl)CC2)cc1. The Labute approximate surface area is 175 Å². The molecule has 1 heterocycles. The third kappa shape index (κ3) is 5.87. The van der Waals surface area contributed by atoms with Crippen molar-refractivity contribution in [2.45, 2.75) is 25.8 Å². The molecule has 2 amide bonds. The van der Waals surface area contributed by atoms with Crippen LogP contribution in [0, 0.1) is 0 Å². The molecular weight excluding hydrogens is 392 g/mol. The minimum absolute atomic E-state index is 0.0294. The first-order valence-corrected chi connectivity index (χ1v) is 10.1. The monoisotopic (exact) mass is 416 g/mol. The van der Waals surface area contributed by atoms with E-state index in [1.807, 2.05) is 19.1 Å². The molecule has 6 nitrogen and oxygen atoms in total. The first kappa shape index (κ1) is 21.0. The number of piperidine rings is 1. The van der Waals surface area contributed by atoms with Gasteiger partial charge >= 0.3 is 0 Å². The number of carbonyl (C=O) groups excluding carboxylic acids is 2. The lowest BCUT2D eigenvalue weighted by atomic mass is 10.0. The van der Waals surface area contributed by atoms with E-state index >= 15 is 0 Å². The standard InChI is InChI=1S/C22H25ClN2O4/c1-2-28-17-7-9-18(10-8-17)29-15-21(26)24-16-11-13-25(14-12-16)22(27)19-5-3-4-6-20(19)23/h3-10,16H,2,11-15H2,1H3,(H,24,26). The van der Waals surface area contributed by atoms with Crippen LogP contribution in [0.1, 0.15) is 30.1 Å². The summed E-state index contributed by atoms with van der Waals surface area (Å²) in [6.45, 7) is 3.63. The molecular formula is C22H25ClN2O4. The number of benzene rings is 2. The minimum Gasteiger partial charge on any atom is -0.494 e. The van der Waals surface area contributed by atoms with Gasteiger partial charge in [0.15, 0.2) is 6.61 Å². The third-order valence-corrected chi connectivity index (χ3v) is 5.09. The van der Waals surface area contributed by atoms with E-state index in [4.69, 9.17) is 21.1 Å². The summed E-state index contributed by atoms with van der Waals surface area (Å²) in [6, 6.07) is 14.2. The van der Waals surface area contributed by atoms with E-state index in [1.165, 1.54) is 0 Å². The molecule has 7 heteroatoms. The highest BCUT2D eigenvalue weighted by atomic mass is 35.5. The first-order chi connectivity index (χ1) is 14.1. The molecule has 0 saturated carbocycles. The molecule has 0 radical (unpaired) electrons. The molecule has 154 valence electrons. The predicted octanol–water partition coefficient (Wildman–Crippen LogP) is 3.54. The summed E-state index contributed by atoms with van der Waals surface area (Å²) in [5.74, 6) is 1.14. The van der Waals surface area contributed by atoms with E-state index in [1.54, 1.807) is 41.3 Å². The zero-order valence-corrected chi connectivity index (χ0v) is 17.2. The number of hydrogen-bond acceptors (Lipinski definition) is 4. The van der Waals surface area contributed by atoms with Crippen LogP contribution in [0.2, 0.25) is 5.02 Å². The quantitative estimate of drug-likeness (QED) is 0.749. The molecule has 2 aromatic rings. The maximum absolute atomic E-state index is 12.6. The fraction of sp³-hybridized carbons (Fsp3) is 0.364. The Morgan fingerprint density at radius 3 is 2.28 bits per heavy atom. The molecule has 1 aliphatic heterocycles. The number of rotatable bonds is 7. The van der Waals surface area contributed by atoms with Crippen LogP contribution >= 0.6 is 11.6 Å². The van der Waals surface area contributed by atoms with Crippen molar-refractivity contribution in [3.63, 3.8) is 0 Å². The molecule has 0 atom stereocenters. The maximum atomic E-state index is 12.6. The molecule has 3 rings (SSSR count). The lowest BCUT2D eigenvalue weighted by Crippen LogP contribution is -2.47. The summed E-state index contributed by atoms with van der Waals surface area (Å²) in [6.07, 6.45) is 1.40. The zero-order chi connectivity index (χ0) is 20.6. The maximum Gasteiger partial charge on any atom is 0.258 e. The van der Waals surface area contributed by atoms with E-state index in [0.717, 1.165) is 5.75 Å². The van der Waals surface area contributed by atoms with Crippen LogP contribution in [0.25, 0.3) is 0 Å². The molecule has 29 heavy (non-hydrogen) atoms. The van der Waals surface area contributed by atoms with Crippen molar-refractivity contribution in [1.29, 1.82) is 0 Å². The number of carbonyl (C=O) groups is 2. The van der Waals surface area contributed by atoms with Gasteiger partial charge < -0.3 is 19.7 Å². The summed E-state index contributed by atoms with van der Waals surface area (Å²) < 4.78 is 10.9. The molecule has 0 spiro atoms. The summed E-state index contributed by atoms with van der Waals surface area (Å²) in [5.41, 5.74) is 0.514. The van der Waals surface area contributed by atoms with Gasteiger partial charge in [0.1, 0.15) is 11.5 Å². The van der Waals surface area contributed by atoms with Gasteiger partial charge in [-0.05, 0) is 56.2 Å². The van der Waals surface area contributed by atoms with Gasteiger partial charge in [-0.15, -0.1) is 0 Å². The number of amides is 2. The van der Waals surface area contributed by atoms with Gasteiger partial charge in [-0.2, -0.15) is 0 Å². The second-order valence-electron chi connectivity index (χ2n) is 6.81. The average molecular weight is 417 g/mol. The van der Waals surface area contributed by atoms with Crippen molar-refractivity contribution < 1.29 is 19.1 Å². The number of halogens is 1. The average Bonchev–Trinajstić information content (AvgIpc) is 2.74. The Morgan fingerprint density at radius 1 is 1.03 bits per heavy atom. The Bertz CT molecular complexity index is 833. The largest absolute Gasteiger partial charge is 0.494 e. The summed E-state index contributed by atoms with van der Waals surface area (Å²) in [4.78, 5) is 26.6. The number of ether oxygens (including phenoxy) is 2. The predicted molar refractivity (Wildman–Crippen MR) is 112 cm³/mol. The van der Waals surface area contributed by atoms with E-state index in [-0.39, 0.29) is 24.5 Å². The van der Waals surface area contributed by atoms with Crippen LogP contribution in [0.4, 0.5) is 0 Å². The van der Waals surface area contributed by atoms with Crippen molar-refractivity contribution in [2.75, 3.05) is 26.3 Å². The number of hydrogen-bond donors (Lipinski definition) is 1. The lowest BCUT2D eigenvalue weighted by molar-refractivity contribution is -0.124. The normalized spacial score (nSPS) is 14.3. The molecule has 1 N–H and O–H groups in total. The summed E-state index contributed by atoms with van der Waals surface area (Å²) >= 11 is 6.12. The molecule has 0 aliphatic carbocycles. The van der Waals surface area contributed by atoms with Crippen LogP contribution in [-0.4, -0.2) is 49.1 Å². The number of nitrogens with zero attached hydrogens (tertiary/aromatic N) is 1. The van der Waals surface area contributed by atoms with Gasteiger partial charge in [0.2, 0.25) is 0 Å². The van der Waals surface area contributed by atoms with Crippen molar-refractivity contribution >= 4 is 23.4 Å². The number of likely N-dealkylation sites (tertiary alicyclic amines) is 1. The molecule has 1 aliphatic rings. The van der Waals surface area contributed by atoms with Gasteiger partial charge in [-0.25, -0.2) is 0 Å². The molecule has 0 unspecified atom stereocenters. The van der Waals surface area contributed by atoms with Crippen LogP contribution in [0.5, 0.6) is 11.5 Å². The summed E-state index contributed by atoms with van der Waals surface area (Å²) in [5, 5.41) is 3.44. The fourth-order valence-electron chi connectivity index (χ4n) is 3.25. The zero-order valence-electron chi connectivity index (χ0n) is 16.4. The lowest BCUT2D eigenvalue weighted by Gasteiger charge is -2.32. The van der Waals surface area contributed by atoms with E-state index in [0.29, 0.717) is 48.9 Å². The Kier molecular flexibility index (Phi) is 7.36. The van der Waals surface area contributed by atoms with Crippen molar-refractivity contribution in [1.82, 2.24) is 10.2 Å². The second kappa shape index (κ2) is 10.2. The van der Waals surface area contributed by atoms with E-state index in [2.05, 4.69) is 5.32 Å². The van der Waals surface area contributed by atoms with Crippen LogP contribution < -0.4 is 14.8 Å². The first-order valence-electron chi connectivity index (χ1n) is 9.75. The highest BCUT2D eigenvalue weighted by molar-refractivity contribution is 6.33. The van der Waals surface area contributed by atoms with Crippen LogP contribution in [0.15, 0.2) is 48.5 Å². The minimum atomic E-state index is -0.172. The van der Waals surface area contributed by atoms with Crippen LogP contribution in [-0.2, 0) is 4.79 Å². The second-order valence-corrected chi connectivity index (χ2v) is 7.21. The highest BCUT2D eigenvalue weighted by Gasteiger charge is 2.25. The highest BCUT2D eigenvalue weighted by Crippen LogP contribution is 2.20. The fourth-order valence-corrected chi connectivity index (χ4v) is 3.47. The van der Waals surface area contributed by atoms with Gasteiger partial charge in [-0.3, -0.25) is 9.59 Å². The molecule has 1 fully saturated rings. The van der Waals surface area contributed by atoms with Crippen LogP contribution in [0.3, 0.4) is 0 Å². The van der Waals surface area contributed by atoms with Gasteiger partial charge in [0.05, 0.1) is 17.2 Å². The van der Waals surface area contributed by atoms with Crippen molar-refractivity contribution in [3.05, 3.63) is 59.1 Å². The molecule has 0 bridgehead atoms. The Balaban J connectivity index is 1.41. The smallest absolute Gasteiger partial charge is 0.258 e. The number of nitrogens with one attached hydrogen (secondary N) is 1. The molecule has 0 aromatic heterocycles. The van der Waals surface area contributed by atoms with Gasteiger partial charge in [0, 0.05) is 19.1 Å². The Morgan fingerprint density at radius 2 is 1.66 bits per heavy atom. The Hall–Kier alpha value is -2.73. The summed E-state index contributed by atoms with van der Waals surface area (Å²) in [7, 11) is 0.